The maximum Gasteiger partial charge on any atom is 0.164 e. The van der Waals surface area contributed by atoms with Crippen molar-refractivity contribution in [3.8, 4) is 0 Å². The van der Waals surface area contributed by atoms with Crippen LogP contribution in [0.25, 0.3) is 0 Å². The monoisotopic (exact) mass is 348 g/mol. The first-order valence-electron chi connectivity index (χ1n) is 8.66. The molecule has 0 spiro atoms. The lowest BCUT2D eigenvalue weighted by atomic mass is 9.83. The highest BCUT2D eigenvalue weighted by Gasteiger charge is 2.55. The zero-order chi connectivity index (χ0) is 18.6. The summed E-state index contributed by atoms with van der Waals surface area (Å²) in [6.45, 7) is 1.36. The Morgan fingerprint density at radius 3 is 2.68 bits per heavy atom. The van der Waals surface area contributed by atoms with Gasteiger partial charge in [-0.05, 0) is 25.7 Å². The molecule has 0 aromatic heterocycles. The first-order valence-corrected chi connectivity index (χ1v) is 8.66. The number of methoxy groups -OCH3 is 1. The summed E-state index contributed by atoms with van der Waals surface area (Å²) in [6, 6.07) is -0.162. The Balaban J connectivity index is 1.90. The van der Waals surface area contributed by atoms with Crippen LogP contribution in [0.15, 0.2) is 35.8 Å². The molecule has 0 heterocycles. The molecular formula is C19H28N2O4. The van der Waals surface area contributed by atoms with Gasteiger partial charge < -0.3 is 21.3 Å². The number of aliphatic hydroxyl groups is 1. The molecule has 5 N–H and O–H groups in total. The minimum atomic E-state index is -1.45. The molecule has 0 aromatic rings. The van der Waals surface area contributed by atoms with E-state index in [0.29, 0.717) is 31.4 Å². The lowest BCUT2D eigenvalue weighted by molar-refractivity contribution is -0.134. The van der Waals surface area contributed by atoms with Crippen molar-refractivity contribution in [2.24, 2.45) is 23.3 Å². The van der Waals surface area contributed by atoms with Gasteiger partial charge in [-0.15, -0.1) is 0 Å². The van der Waals surface area contributed by atoms with Gasteiger partial charge in [-0.25, -0.2) is 0 Å². The van der Waals surface area contributed by atoms with Crippen LogP contribution < -0.4 is 11.5 Å². The number of carbonyl (C=O) groups is 2. The average molecular weight is 348 g/mol. The summed E-state index contributed by atoms with van der Waals surface area (Å²) in [7, 11) is 1.55. The fourth-order valence-electron chi connectivity index (χ4n) is 3.31. The molecule has 6 heteroatoms. The Morgan fingerprint density at radius 2 is 2.12 bits per heavy atom. The molecular weight excluding hydrogens is 320 g/mol. The summed E-state index contributed by atoms with van der Waals surface area (Å²) < 4.78 is 5.22. The van der Waals surface area contributed by atoms with E-state index in [1.807, 2.05) is 18.2 Å². The predicted octanol–water partition coefficient (Wildman–Crippen LogP) is 1.91. The van der Waals surface area contributed by atoms with E-state index in [-0.39, 0.29) is 41.6 Å². The van der Waals surface area contributed by atoms with Crippen molar-refractivity contribution in [3.05, 3.63) is 35.8 Å². The van der Waals surface area contributed by atoms with Gasteiger partial charge in [-0.2, -0.15) is 0 Å². The second kappa shape index (κ2) is 7.97. The number of carbonyl (C=O) groups excluding carboxylic acids is 2. The smallest absolute Gasteiger partial charge is 0.164 e. The van der Waals surface area contributed by atoms with Crippen LogP contribution in [0.5, 0.6) is 0 Å². The summed E-state index contributed by atoms with van der Waals surface area (Å²) in [4.78, 5) is 24.3. The second-order valence-corrected chi connectivity index (χ2v) is 6.94. The summed E-state index contributed by atoms with van der Waals surface area (Å²) in [6.07, 6.45) is 10.2. The van der Waals surface area contributed by atoms with Crippen LogP contribution in [0.4, 0.5) is 0 Å². The van der Waals surface area contributed by atoms with Gasteiger partial charge in [0.25, 0.3) is 0 Å². The van der Waals surface area contributed by atoms with Crippen molar-refractivity contribution >= 4 is 11.6 Å². The average Bonchev–Trinajstić information content (AvgIpc) is 3.33. The molecule has 0 bridgehead atoms. The third-order valence-corrected chi connectivity index (χ3v) is 5.11. The Kier molecular flexibility index (Phi) is 6.19. The van der Waals surface area contributed by atoms with E-state index in [1.54, 1.807) is 13.2 Å². The van der Waals surface area contributed by atoms with Gasteiger partial charge in [0.15, 0.2) is 11.6 Å². The molecule has 6 nitrogen and oxygen atoms in total. The van der Waals surface area contributed by atoms with Crippen LogP contribution in [-0.2, 0) is 14.3 Å². The van der Waals surface area contributed by atoms with Crippen LogP contribution in [0, 0.1) is 11.8 Å². The first-order chi connectivity index (χ1) is 11.8. The first kappa shape index (κ1) is 19.4. The van der Waals surface area contributed by atoms with Crippen LogP contribution in [0.3, 0.4) is 0 Å². The third-order valence-electron chi connectivity index (χ3n) is 5.11. The molecule has 2 aliphatic carbocycles. The Labute approximate surface area is 148 Å². The number of hydrogen-bond acceptors (Lipinski definition) is 6. The highest BCUT2D eigenvalue weighted by atomic mass is 16.5. The van der Waals surface area contributed by atoms with Crippen LogP contribution in [0.1, 0.15) is 39.0 Å². The number of nitrogens with two attached hydrogens (primary N) is 2. The number of ether oxygens (including phenoxy) is 1. The fraction of sp³-hybridized carbons (Fsp3) is 0.579. The summed E-state index contributed by atoms with van der Waals surface area (Å²) >= 11 is 0. The van der Waals surface area contributed by atoms with E-state index in [1.165, 1.54) is 6.92 Å². The van der Waals surface area contributed by atoms with Gasteiger partial charge in [0, 0.05) is 31.2 Å². The second-order valence-electron chi connectivity index (χ2n) is 6.94. The molecule has 25 heavy (non-hydrogen) atoms. The van der Waals surface area contributed by atoms with Gasteiger partial charge in [-0.3, -0.25) is 9.59 Å². The summed E-state index contributed by atoms with van der Waals surface area (Å²) in [5.74, 6) is 0.211. The SMILES string of the molecule is COC1=C(O)CC=CC(C/C=C\CC(=O)C(N)(C(C)=O)C2CC2N)C1. The van der Waals surface area contributed by atoms with Gasteiger partial charge >= 0.3 is 0 Å². The molecule has 2 rings (SSSR count). The molecule has 0 aliphatic heterocycles. The lowest BCUT2D eigenvalue weighted by Crippen LogP contribution is -2.57. The highest BCUT2D eigenvalue weighted by molar-refractivity contribution is 6.11. The molecule has 1 fully saturated rings. The fourth-order valence-corrected chi connectivity index (χ4v) is 3.31. The van der Waals surface area contributed by atoms with E-state index in [2.05, 4.69) is 0 Å². The summed E-state index contributed by atoms with van der Waals surface area (Å²) in [5, 5.41) is 9.82. The molecule has 1 saturated carbocycles. The van der Waals surface area contributed by atoms with E-state index < -0.39 is 5.54 Å². The van der Waals surface area contributed by atoms with Crippen molar-refractivity contribution in [2.45, 2.75) is 50.6 Å². The number of ketones is 2. The number of allylic oxidation sites excluding steroid dienone is 5. The third kappa shape index (κ3) is 4.38. The molecule has 4 atom stereocenters. The highest BCUT2D eigenvalue weighted by Crippen LogP contribution is 2.39. The van der Waals surface area contributed by atoms with Gasteiger partial charge in [0.2, 0.25) is 0 Å². The normalized spacial score (nSPS) is 28.6. The predicted molar refractivity (Wildman–Crippen MR) is 95.6 cm³/mol. The molecule has 0 saturated heterocycles. The molecule has 0 amide bonds. The zero-order valence-electron chi connectivity index (χ0n) is 14.9. The van der Waals surface area contributed by atoms with Gasteiger partial charge in [0.05, 0.1) is 7.11 Å². The van der Waals surface area contributed by atoms with Crippen molar-refractivity contribution < 1.29 is 19.4 Å². The largest absolute Gasteiger partial charge is 0.508 e. The van der Waals surface area contributed by atoms with Crippen molar-refractivity contribution in [2.75, 3.05) is 7.11 Å². The van der Waals surface area contributed by atoms with Crippen LogP contribution >= 0.6 is 0 Å². The topological polar surface area (TPSA) is 116 Å². The number of rotatable bonds is 8. The van der Waals surface area contributed by atoms with E-state index >= 15 is 0 Å². The minimum Gasteiger partial charge on any atom is -0.508 e. The number of hydrogen-bond donors (Lipinski definition) is 3. The van der Waals surface area contributed by atoms with E-state index in [9.17, 15) is 14.7 Å². The number of Topliss-reactive ketones (excluding diaryl/α,β-unsaturated/α-hetero) is 2. The summed E-state index contributed by atoms with van der Waals surface area (Å²) in [5.41, 5.74) is 10.4. The molecule has 4 unspecified atom stereocenters. The van der Waals surface area contributed by atoms with Gasteiger partial charge in [-0.1, -0.05) is 24.3 Å². The Morgan fingerprint density at radius 1 is 1.44 bits per heavy atom. The molecule has 0 radical (unpaired) electrons. The van der Waals surface area contributed by atoms with Gasteiger partial charge in [0.1, 0.15) is 17.1 Å². The maximum absolute atomic E-state index is 12.5. The Hall–Kier alpha value is -1.92. The van der Waals surface area contributed by atoms with E-state index in [4.69, 9.17) is 16.2 Å². The minimum absolute atomic E-state index is 0.119. The maximum atomic E-state index is 12.5. The van der Waals surface area contributed by atoms with Crippen LogP contribution in [-0.4, -0.2) is 35.4 Å². The quantitative estimate of drug-likeness (QED) is 0.456. The lowest BCUT2D eigenvalue weighted by Gasteiger charge is -2.24. The van der Waals surface area contributed by atoms with E-state index in [0.717, 1.165) is 0 Å². The number of aliphatic hydroxyl groups excluding tert-OH is 1. The standard InChI is InChI=1S/C19H28N2O4/c1-12(22)19(21,14-11-15(14)20)18(24)9-4-3-6-13-7-5-8-16(23)17(10-13)25-2/h3-5,7,13-15,23H,6,8-11,20-21H2,1-2H3/b4-3-. The van der Waals surface area contributed by atoms with Crippen molar-refractivity contribution in [1.82, 2.24) is 0 Å². The molecule has 0 aromatic carbocycles. The van der Waals surface area contributed by atoms with Crippen LogP contribution in [0.2, 0.25) is 0 Å². The molecule has 2 aliphatic rings. The Bertz CT molecular complexity index is 623. The zero-order valence-corrected chi connectivity index (χ0v) is 14.9. The van der Waals surface area contributed by atoms with Crippen molar-refractivity contribution in [3.63, 3.8) is 0 Å². The van der Waals surface area contributed by atoms with Crippen molar-refractivity contribution in [1.29, 1.82) is 0 Å². The molecule has 138 valence electrons.